The molecule has 0 aliphatic carbocycles. The lowest BCUT2D eigenvalue weighted by Gasteiger charge is -2.10. The van der Waals surface area contributed by atoms with Crippen LogP contribution in [0.3, 0.4) is 0 Å². The summed E-state index contributed by atoms with van der Waals surface area (Å²) in [4.78, 5) is 11.1. The van der Waals surface area contributed by atoms with E-state index in [1.807, 2.05) is 0 Å². The number of fused-ring (bicyclic) bond motifs is 1. The van der Waals surface area contributed by atoms with Gasteiger partial charge in [-0.25, -0.2) is 4.79 Å². The van der Waals surface area contributed by atoms with Crippen molar-refractivity contribution in [3.63, 3.8) is 0 Å². The lowest BCUT2D eigenvalue weighted by atomic mass is 10.0. The third-order valence-corrected chi connectivity index (χ3v) is 2.67. The van der Waals surface area contributed by atoms with Crippen LogP contribution in [0.15, 0.2) is 24.3 Å². The van der Waals surface area contributed by atoms with E-state index in [-0.39, 0.29) is 33.6 Å². The molecular formula is C14H5N3O5. The molecule has 2 rings (SSSR count). The lowest BCUT2D eigenvalue weighted by molar-refractivity contribution is 0.0696. The number of carboxylic acids is 1. The molecule has 0 bridgehead atoms. The van der Waals surface area contributed by atoms with Gasteiger partial charge in [-0.2, -0.15) is 0 Å². The van der Waals surface area contributed by atoms with E-state index in [0.29, 0.717) is 0 Å². The van der Waals surface area contributed by atoms with Crippen LogP contribution in [-0.4, -0.2) is 11.1 Å². The molecule has 0 radical (unpaired) electrons. The number of aromatic carboxylic acids is 1. The predicted octanol–water partition coefficient (Wildman–Crippen LogP) is 2.12. The highest BCUT2D eigenvalue weighted by molar-refractivity contribution is 6.01. The fraction of sp³-hybridized carbons (Fsp3) is 0. The average molecular weight is 295 g/mol. The monoisotopic (exact) mass is 295 g/mol. The summed E-state index contributed by atoms with van der Waals surface area (Å²) in [5.41, 5.74) is -0.144. The second-order valence-corrected chi connectivity index (χ2v) is 3.88. The van der Waals surface area contributed by atoms with Crippen LogP contribution in [-0.2, 0) is 0 Å². The molecule has 0 spiro atoms. The number of carboxylic acid groups (broad SMARTS) is 1. The largest absolute Gasteiger partial charge is 0.478 e. The minimum Gasteiger partial charge on any atom is -0.478 e. The third-order valence-electron chi connectivity index (χ3n) is 2.67. The molecule has 106 valence electrons. The highest BCUT2D eigenvalue weighted by Gasteiger charge is 2.17. The SMILES string of the molecule is N#COc1cc(OC#N)c2c(OC#N)cc(C(=O)O)cc2c1. The number of nitriles is 3. The maximum absolute atomic E-state index is 11.1. The topological polar surface area (TPSA) is 136 Å². The Morgan fingerprint density at radius 1 is 0.909 bits per heavy atom. The van der Waals surface area contributed by atoms with Crippen LogP contribution < -0.4 is 14.2 Å². The maximum atomic E-state index is 11.1. The van der Waals surface area contributed by atoms with Crippen molar-refractivity contribution in [2.75, 3.05) is 0 Å². The minimum absolute atomic E-state index is 0.0348. The zero-order valence-corrected chi connectivity index (χ0v) is 10.7. The highest BCUT2D eigenvalue weighted by Crippen LogP contribution is 2.38. The first-order valence-electron chi connectivity index (χ1n) is 5.63. The Kier molecular flexibility index (Phi) is 3.94. The Balaban J connectivity index is 2.85. The second kappa shape index (κ2) is 6.00. The van der Waals surface area contributed by atoms with Crippen LogP contribution in [0, 0.1) is 34.6 Å². The summed E-state index contributed by atoms with van der Waals surface area (Å²) in [6.07, 6.45) is 4.35. The molecule has 8 nitrogen and oxygen atoms in total. The van der Waals surface area contributed by atoms with E-state index < -0.39 is 5.97 Å². The Labute approximate surface area is 123 Å². The van der Waals surface area contributed by atoms with Gasteiger partial charge in [-0.3, -0.25) is 0 Å². The fourth-order valence-corrected chi connectivity index (χ4v) is 1.91. The van der Waals surface area contributed by atoms with Crippen molar-refractivity contribution in [2.45, 2.75) is 0 Å². The van der Waals surface area contributed by atoms with Gasteiger partial charge in [0.1, 0.15) is 5.75 Å². The molecule has 22 heavy (non-hydrogen) atoms. The van der Waals surface area contributed by atoms with Gasteiger partial charge >= 0.3 is 5.97 Å². The summed E-state index contributed by atoms with van der Waals surface area (Å²) in [5, 5.41) is 35.5. The van der Waals surface area contributed by atoms with Crippen LogP contribution >= 0.6 is 0 Å². The summed E-state index contributed by atoms with van der Waals surface area (Å²) in [5.74, 6) is -1.32. The van der Waals surface area contributed by atoms with E-state index in [0.717, 1.165) is 6.07 Å². The van der Waals surface area contributed by atoms with E-state index in [1.54, 1.807) is 0 Å². The number of hydrogen-bond donors (Lipinski definition) is 1. The molecule has 1 N–H and O–H groups in total. The van der Waals surface area contributed by atoms with E-state index in [2.05, 4.69) is 4.74 Å². The zero-order chi connectivity index (χ0) is 16.1. The zero-order valence-electron chi connectivity index (χ0n) is 10.7. The number of benzene rings is 2. The number of nitrogens with zero attached hydrogens (tertiary/aromatic N) is 3. The number of ether oxygens (including phenoxy) is 3. The maximum Gasteiger partial charge on any atom is 0.335 e. The Hall–Kier alpha value is -3.96. The van der Waals surface area contributed by atoms with Crippen molar-refractivity contribution in [3.8, 4) is 36.0 Å². The van der Waals surface area contributed by atoms with Crippen molar-refractivity contribution in [1.82, 2.24) is 0 Å². The molecule has 0 aliphatic heterocycles. The summed E-state index contributed by atoms with van der Waals surface area (Å²) >= 11 is 0. The molecule has 0 unspecified atom stereocenters. The first-order valence-corrected chi connectivity index (χ1v) is 5.63. The Morgan fingerprint density at radius 2 is 1.50 bits per heavy atom. The van der Waals surface area contributed by atoms with Gasteiger partial charge in [-0.15, -0.1) is 15.8 Å². The van der Waals surface area contributed by atoms with Gasteiger partial charge in [-0.1, -0.05) is 0 Å². The van der Waals surface area contributed by atoms with Crippen molar-refractivity contribution in [1.29, 1.82) is 15.8 Å². The van der Waals surface area contributed by atoms with E-state index >= 15 is 0 Å². The Bertz CT molecular complexity index is 886. The van der Waals surface area contributed by atoms with Crippen molar-refractivity contribution in [2.24, 2.45) is 0 Å². The van der Waals surface area contributed by atoms with Gasteiger partial charge in [-0.05, 0) is 23.6 Å². The molecule has 0 saturated carbocycles. The molecule has 2 aromatic carbocycles. The number of carbonyl (C=O) groups is 1. The molecule has 0 atom stereocenters. The van der Waals surface area contributed by atoms with Crippen molar-refractivity contribution in [3.05, 3.63) is 29.8 Å². The van der Waals surface area contributed by atoms with Gasteiger partial charge in [0.15, 0.2) is 11.5 Å². The van der Waals surface area contributed by atoms with Crippen LogP contribution in [0.25, 0.3) is 10.8 Å². The highest BCUT2D eigenvalue weighted by atomic mass is 16.5. The summed E-state index contributed by atoms with van der Waals surface area (Å²) in [6, 6.07) is 5.01. The van der Waals surface area contributed by atoms with E-state index in [1.165, 1.54) is 37.0 Å². The second-order valence-electron chi connectivity index (χ2n) is 3.88. The summed E-state index contributed by atoms with van der Waals surface area (Å²) < 4.78 is 14.2. The quantitative estimate of drug-likeness (QED) is 0.846. The number of hydrogen-bond acceptors (Lipinski definition) is 7. The summed E-state index contributed by atoms with van der Waals surface area (Å²) in [6.45, 7) is 0. The molecule has 0 fully saturated rings. The van der Waals surface area contributed by atoms with Crippen LogP contribution in [0.4, 0.5) is 0 Å². The third kappa shape index (κ3) is 2.64. The molecule has 8 heteroatoms. The van der Waals surface area contributed by atoms with Gasteiger partial charge in [0.2, 0.25) is 0 Å². The van der Waals surface area contributed by atoms with Crippen LogP contribution in [0.2, 0.25) is 0 Å². The lowest BCUT2D eigenvalue weighted by Crippen LogP contribution is -1.99. The predicted molar refractivity (Wildman–Crippen MR) is 69.6 cm³/mol. The van der Waals surface area contributed by atoms with Crippen LogP contribution in [0.5, 0.6) is 17.2 Å². The van der Waals surface area contributed by atoms with E-state index in [4.69, 9.17) is 30.4 Å². The van der Waals surface area contributed by atoms with Crippen molar-refractivity contribution >= 4 is 16.7 Å². The first-order chi connectivity index (χ1) is 10.6. The normalized spacial score (nSPS) is 9.14. The molecule has 0 amide bonds. The molecule has 2 aromatic rings. The standard InChI is InChI=1S/C14H5N3O5/c15-5-20-10-2-8-1-9(14(18)19)3-11(21-6-16)13(8)12(4-10)22-7-17/h1-4H,(H,18,19). The summed E-state index contributed by atoms with van der Waals surface area (Å²) in [7, 11) is 0. The number of rotatable bonds is 4. The first kappa shape index (κ1) is 14.4. The average Bonchev–Trinajstić information content (AvgIpc) is 2.47. The van der Waals surface area contributed by atoms with Crippen molar-refractivity contribution < 1.29 is 24.1 Å². The van der Waals surface area contributed by atoms with E-state index in [9.17, 15) is 4.79 Å². The van der Waals surface area contributed by atoms with Gasteiger partial charge in [0, 0.05) is 6.07 Å². The Morgan fingerprint density at radius 3 is 2.05 bits per heavy atom. The van der Waals surface area contributed by atoms with Gasteiger partial charge in [0.05, 0.1) is 10.9 Å². The molecule has 0 aromatic heterocycles. The molecular weight excluding hydrogens is 290 g/mol. The van der Waals surface area contributed by atoms with Gasteiger partial charge < -0.3 is 19.3 Å². The smallest absolute Gasteiger partial charge is 0.335 e. The fourth-order valence-electron chi connectivity index (χ4n) is 1.91. The molecule has 0 saturated heterocycles. The van der Waals surface area contributed by atoms with Gasteiger partial charge in [0.25, 0.3) is 18.8 Å². The molecule has 0 heterocycles. The molecule has 0 aliphatic rings. The minimum atomic E-state index is -1.24. The van der Waals surface area contributed by atoms with Crippen LogP contribution in [0.1, 0.15) is 10.4 Å².